The first-order valence-corrected chi connectivity index (χ1v) is 10.5. The summed E-state index contributed by atoms with van der Waals surface area (Å²) in [6.45, 7) is 1.45. The predicted molar refractivity (Wildman–Crippen MR) is 115 cm³/mol. The van der Waals surface area contributed by atoms with Gasteiger partial charge in [-0.15, -0.1) is 0 Å². The fourth-order valence-electron chi connectivity index (χ4n) is 4.71. The molecule has 7 nitrogen and oxygen atoms in total. The highest BCUT2D eigenvalue weighted by Gasteiger charge is 2.40. The van der Waals surface area contributed by atoms with Crippen LogP contribution in [-0.2, 0) is 24.1 Å². The molecule has 2 atom stereocenters. The van der Waals surface area contributed by atoms with E-state index in [1.165, 1.54) is 23.1 Å². The molecule has 0 radical (unpaired) electrons. The van der Waals surface area contributed by atoms with Crippen LogP contribution in [0.2, 0.25) is 0 Å². The second-order valence-corrected chi connectivity index (χ2v) is 8.59. The van der Waals surface area contributed by atoms with E-state index in [-0.39, 0.29) is 29.4 Å². The number of piperidine rings is 1. The van der Waals surface area contributed by atoms with Crippen molar-refractivity contribution in [1.82, 2.24) is 14.4 Å². The molecule has 33 heavy (non-hydrogen) atoms. The molecular formula is C23H26F3N3O4. The van der Waals surface area contributed by atoms with Crippen molar-refractivity contribution in [3.63, 3.8) is 0 Å². The summed E-state index contributed by atoms with van der Waals surface area (Å²) >= 11 is 0. The second kappa shape index (κ2) is 9.78. The number of amides is 1. The van der Waals surface area contributed by atoms with E-state index < -0.39 is 17.6 Å². The standard InChI is InChI=1S/C22H24F3N3O2.CH2O2/c1-26(2)12-15-7-8-19-16-9-14(11-28(19)20(15)29)10-27(13-16)21(30)17-5-3-4-6-18(17)22(23,24)25;2-1-3/h3-8,14,16H,9-13H2,1-2H3;1H,(H,2,3)/t14-,16+;/m0./s1. The predicted octanol–water partition coefficient (Wildman–Crippen LogP) is 2.89. The Labute approximate surface area is 189 Å². The largest absolute Gasteiger partial charge is 0.483 e. The van der Waals surface area contributed by atoms with Crippen molar-refractivity contribution in [2.75, 3.05) is 27.2 Å². The minimum absolute atomic E-state index is 0.0157. The summed E-state index contributed by atoms with van der Waals surface area (Å²) in [4.78, 5) is 37.7. The third kappa shape index (κ3) is 5.27. The van der Waals surface area contributed by atoms with E-state index in [2.05, 4.69) is 0 Å². The first kappa shape index (κ1) is 24.5. The smallest absolute Gasteiger partial charge is 0.417 e. The summed E-state index contributed by atoms with van der Waals surface area (Å²) in [5.74, 6) is -0.608. The highest BCUT2D eigenvalue weighted by Crippen LogP contribution is 2.37. The van der Waals surface area contributed by atoms with Gasteiger partial charge in [-0.1, -0.05) is 18.2 Å². The van der Waals surface area contributed by atoms with Crippen LogP contribution in [0, 0.1) is 5.92 Å². The molecule has 1 aromatic carbocycles. The molecule has 178 valence electrons. The topological polar surface area (TPSA) is 82.9 Å². The van der Waals surface area contributed by atoms with Crippen LogP contribution in [0.4, 0.5) is 13.2 Å². The number of aromatic nitrogens is 1. The van der Waals surface area contributed by atoms with Crippen LogP contribution in [0.5, 0.6) is 0 Å². The first-order valence-electron chi connectivity index (χ1n) is 10.5. The van der Waals surface area contributed by atoms with Crippen LogP contribution in [0.1, 0.15) is 39.5 Å². The number of hydrogen-bond donors (Lipinski definition) is 1. The van der Waals surface area contributed by atoms with Crippen molar-refractivity contribution < 1.29 is 27.9 Å². The first-order chi connectivity index (χ1) is 15.6. The molecule has 1 N–H and O–H groups in total. The van der Waals surface area contributed by atoms with Gasteiger partial charge in [0.1, 0.15) is 0 Å². The number of nitrogens with zero attached hydrogens (tertiary/aromatic N) is 3. The van der Waals surface area contributed by atoms with E-state index in [0.717, 1.165) is 23.7 Å². The molecular weight excluding hydrogens is 439 g/mol. The van der Waals surface area contributed by atoms with Crippen LogP contribution in [0.15, 0.2) is 41.2 Å². The lowest BCUT2D eigenvalue weighted by atomic mass is 9.82. The Morgan fingerprint density at radius 2 is 1.82 bits per heavy atom. The van der Waals surface area contributed by atoms with Gasteiger partial charge in [-0.25, -0.2) is 0 Å². The highest BCUT2D eigenvalue weighted by molar-refractivity contribution is 5.96. The van der Waals surface area contributed by atoms with E-state index in [9.17, 15) is 22.8 Å². The fraction of sp³-hybridized carbons (Fsp3) is 0.435. The molecule has 0 spiro atoms. The zero-order valence-corrected chi connectivity index (χ0v) is 18.4. The van der Waals surface area contributed by atoms with E-state index in [1.807, 2.05) is 31.1 Å². The third-order valence-corrected chi connectivity index (χ3v) is 5.92. The number of carbonyl (C=O) groups excluding carboxylic acids is 1. The average molecular weight is 465 g/mol. The normalized spacial score (nSPS) is 19.4. The van der Waals surface area contributed by atoms with Crippen LogP contribution in [-0.4, -0.2) is 59.0 Å². The van der Waals surface area contributed by atoms with Gasteiger partial charge in [0.15, 0.2) is 0 Å². The number of hydrogen-bond acceptors (Lipinski definition) is 4. The zero-order valence-electron chi connectivity index (χ0n) is 18.4. The van der Waals surface area contributed by atoms with Crippen molar-refractivity contribution in [2.45, 2.75) is 31.6 Å². The van der Waals surface area contributed by atoms with E-state index in [1.54, 1.807) is 4.57 Å². The van der Waals surface area contributed by atoms with Crippen molar-refractivity contribution in [2.24, 2.45) is 5.92 Å². The Morgan fingerprint density at radius 1 is 1.15 bits per heavy atom. The van der Waals surface area contributed by atoms with E-state index in [0.29, 0.717) is 26.2 Å². The zero-order chi connectivity index (χ0) is 24.3. The minimum Gasteiger partial charge on any atom is -0.483 e. The molecule has 2 aliphatic heterocycles. The summed E-state index contributed by atoms with van der Waals surface area (Å²) in [7, 11) is 3.81. The molecule has 0 unspecified atom stereocenters. The van der Waals surface area contributed by atoms with E-state index in [4.69, 9.17) is 9.90 Å². The van der Waals surface area contributed by atoms with Crippen LogP contribution >= 0.6 is 0 Å². The van der Waals surface area contributed by atoms with Crippen LogP contribution in [0.25, 0.3) is 0 Å². The van der Waals surface area contributed by atoms with Gasteiger partial charge in [0.25, 0.3) is 17.9 Å². The van der Waals surface area contributed by atoms with Gasteiger partial charge in [-0.05, 0) is 44.6 Å². The Hall–Kier alpha value is -3.14. The summed E-state index contributed by atoms with van der Waals surface area (Å²) in [6, 6.07) is 8.68. The lowest BCUT2D eigenvalue weighted by Crippen LogP contribution is -2.49. The number of benzene rings is 1. The number of carbonyl (C=O) groups is 2. The number of likely N-dealkylation sites (tertiary alicyclic amines) is 1. The molecule has 3 heterocycles. The van der Waals surface area contributed by atoms with Crippen LogP contribution in [0.3, 0.4) is 0 Å². The second-order valence-electron chi connectivity index (χ2n) is 8.59. The van der Waals surface area contributed by atoms with Gasteiger partial charge in [0.2, 0.25) is 0 Å². The molecule has 1 saturated heterocycles. The Bertz CT molecular complexity index is 1080. The average Bonchev–Trinajstić information content (AvgIpc) is 2.75. The molecule has 4 rings (SSSR count). The lowest BCUT2D eigenvalue weighted by molar-refractivity contribution is -0.138. The summed E-state index contributed by atoms with van der Waals surface area (Å²) < 4.78 is 41.9. The summed E-state index contributed by atoms with van der Waals surface area (Å²) in [5.41, 5.74) is 0.341. The highest BCUT2D eigenvalue weighted by atomic mass is 19.4. The Balaban J connectivity index is 0.000000968. The Kier molecular flexibility index (Phi) is 7.26. The van der Waals surface area contributed by atoms with Gasteiger partial charge < -0.3 is 19.5 Å². The van der Waals surface area contributed by atoms with Gasteiger partial charge in [-0.3, -0.25) is 14.4 Å². The van der Waals surface area contributed by atoms with Gasteiger partial charge in [0.05, 0.1) is 11.1 Å². The maximum absolute atomic E-state index is 13.4. The molecule has 1 amide bonds. The van der Waals surface area contributed by atoms with Crippen molar-refractivity contribution in [3.05, 3.63) is 69.1 Å². The molecule has 2 aromatic rings. The lowest BCUT2D eigenvalue weighted by Gasteiger charge is -2.43. The van der Waals surface area contributed by atoms with Crippen LogP contribution < -0.4 is 5.56 Å². The number of alkyl halides is 3. The molecule has 2 bridgehead atoms. The molecule has 0 saturated carbocycles. The van der Waals surface area contributed by atoms with Gasteiger partial charge in [-0.2, -0.15) is 13.2 Å². The SMILES string of the molecule is CN(C)Cc1ccc2n(c1=O)C[C@H]1C[C@@H]2CN(C(=O)c2ccccc2C(F)(F)F)C1.O=CO. The fourth-order valence-corrected chi connectivity index (χ4v) is 4.71. The van der Waals surface area contributed by atoms with Gasteiger partial charge >= 0.3 is 6.18 Å². The van der Waals surface area contributed by atoms with Crippen molar-refractivity contribution in [1.29, 1.82) is 0 Å². The molecule has 10 heteroatoms. The number of halogens is 3. The maximum atomic E-state index is 13.4. The molecule has 1 fully saturated rings. The number of rotatable bonds is 3. The number of pyridine rings is 1. The summed E-state index contributed by atoms with van der Waals surface area (Å²) in [5, 5.41) is 6.89. The monoisotopic (exact) mass is 465 g/mol. The third-order valence-electron chi connectivity index (χ3n) is 5.92. The number of carboxylic acid groups (broad SMARTS) is 1. The van der Waals surface area contributed by atoms with Crippen molar-refractivity contribution in [3.8, 4) is 0 Å². The molecule has 1 aromatic heterocycles. The van der Waals surface area contributed by atoms with Crippen molar-refractivity contribution >= 4 is 12.4 Å². The Morgan fingerprint density at radius 3 is 2.45 bits per heavy atom. The number of fused-ring (bicyclic) bond motifs is 4. The maximum Gasteiger partial charge on any atom is 0.417 e. The van der Waals surface area contributed by atoms with E-state index >= 15 is 0 Å². The summed E-state index contributed by atoms with van der Waals surface area (Å²) in [6.07, 6.45) is -3.75. The molecule has 2 aliphatic rings. The minimum atomic E-state index is -4.58. The quantitative estimate of drug-likeness (QED) is 0.705. The molecule has 0 aliphatic carbocycles. The van der Waals surface area contributed by atoms with Gasteiger partial charge in [0, 0.05) is 43.4 Å².